The number of para-hydroxylation sites is 1. The number of amides is 1. The van der Waals surface area contributed by atoms with Crippen molar-refractivity contribution in [2.45, 2.75) is 17.9 Å². The minimum absolute atomic E-state index is 0.215. The molecule has 1 atom stereocenters. The normalized spacial score (nSPS) is 12.5. The summed E-state index contributed by atoms with van der Waals surface area (Å²) in [4.78, 5) is 12.2. The van der Waals surface area contributed by atoms with Gasteiger partial charge in [0.1, 0.15) is 11.6 Å². The molecule has 6 nitrogen and oxygen atoms in total. The predicted octanol–water partition coefficient (Wildman–Crippen LogP) is 1.88. The summed E-state index contributed by atoms with van der Waals surface area (Å²) in [6, 6.07) is 7.79. The van der Waals surface area contributed by atoms with Gasteiger partial charge in [-0.05, 0) is 31.2 Å². The fourth-order valence-corrected chi connectivity index (χ4v) is 2.78. The highest BCUT2D eigenvalue weighted by Gasteiger charge is 2.25. The second-order valence-corrected chi connectivity index (χ2v) is 6.46. The average molecular weight is 374 g/mol. The first-order chi connectivity index (χ1) is 11.7. The number of carbonyl (C=O) groups excluding carboxylic acids is 1. The zero-order chi connectivity index (χ0) is 18.6. The van der Waals surface area contributed by atoms with Gasteiger partial charge in [0.25, 0.3) is 15.9 Å². The lowest BCUT2D eigenvalue weighted by Gasteiger charge is -2.16. The molecule has 0 aliphatic carbocycles. The molecular formula is C15H13F3N2O4S. The molecule has 134 valence electrons. The first kappa shape index (κ1) is 18.7. The quantitative estimate of drug-likeness (QED) is 0.757. The molecule has 0 heterocycles. The van der Waals surface area contributed by atoms with Gasteiger partial charge in [-0.15, -0.1) is 4.83 Å². The Kier molecular flexibility index (Phi) is 5.65. The molecule has 25 heavy (non-hydrogen) atoms. The van der Waals surface area contributed by atoms with E-state index >= 15 is 0 Å². The van der Waals surface area contributed by atoms with Crippen LogP contribution in [0.5, 0.6) is 5.75 Å². The highest BCUT2D eigenvalue weighted by molar-refractivity contribution is 7.89. The lowest BCUT2D eigenvalue weighted by atomic mass is 10.3. The molecule has 0 radical (unpaired) electrons. The van der Waals surface area contributed by atoms with E-state index in [1.807, 2.05) is 0 Å². The topological polar surface area (TPSA) is 84.5 Å². The van der Waals surface area contributed by atoms with Crippen LogP contribution in [0.25, 0.3) is 0 Å². The van der Waals surface area contributed by atoms with E-state index in [4.69, 9.17) is 4.74 Å². The minimum Gasteiger partial charge on any atom is -0.478 e. The molecule has 0 saturated carbocycles. The maximum Gasteiger partial charge on any atom is 0.275 e. The number of nitrogens with one attached hydrogen (secondary N) is 2. The maximum atomic E-state index is 13.5. The largest absolute Gasteiger partial charge is 0.478 e. The van der Waals surface area contributed by atoms with Crippen molar-refractivity contribution in [1.29, 1.82) is 0 Å². The molecule has 1 amide bonds. The van der Waals surface area contributed by atoms with Gasteiger partial charge in [0.2, 0.25) is 0 Å². The predicted molar refractivity (Wildman–Crippen MR) is 81.3 cm³/mol. The highest BCUT2D eigenvalue weighted by atomic mass is 32.2. The molecule has 0 aliphatic rings. The second kappa shape index (κ2) is 7.53. The fraction of sp³-hybridized carbons (Fsp3) is 0.133. The van der Waals surface area contributed by atoms with Crippen LogP contribution in [0.3, 0.4) is 0 Å². The number of hydrazine groups is 1. The monoisotopic (exact) mass is 374 g/mol. The molecule has 0 bridgehead atoms. The molecule has 0 saturated heterocycles. The van der Waals surface area contributed by atoms with Gasteiger partial charge in [-0.25, -0.2) is 21.6 Å². The van der Waals surface area contributed by atoms with Crippen molar-refractivity contribution in [2.75, 3.05) is 0 Å². The molecule has 0 fully saturated rings. The Labute approximate surface area is 141 Å². The van der Waals surface area contributed by atoms with Crippen LogP contribution in [-0.2, 0) is 14.8 Å². The molecule has 0 spiro atoms. The molecule has 0 aliphatic heterocycles. The van der Waals surface area contributed by atoms with E-state index in [0.717, 1.165) is 24.3 Å². The SMILES string of the molecule is C[C@@H](Oc1ccccc1F)C(=O)NNS(=O)(=O)c1c(F)cccc1F. The van der Waals surface area contributed by atoms with Crippen molar-refractivity contribution in [3.05, 3.63) is 59.9 Å². The maximum absolute atomic E-state index is 13.5. The number of benzene rings is 2. The number of sulfonamides is 1. The summed E-state index contributed by atoms with van der Waals surface area (Å²) in [5, 5.41) is 0. The third kappa shape index (κ3) is 4.48. The Morgan fingerprint density at radius 1 is 1.00 bits per heavy atom. The van der Waals surface area contributed by atoms with Gasteiger partial charge in [0, 0.05) is 0 Å². The van der Waals surface area contributed by atoms with E-state index in [1.165, 1.54) is 25.1 Å². The van der Waals surface area contributed by atoms with Crippen LogP contribution in [0.4, 0.5) is 13.2 Å². The summed E-state index contributed by atoms with van der Waals surface area (Å²) in [5.74, 6) is -4.57. The van der Waals surface area contributed by atoms with Crippen LogP contribution < -0.4 is 15.0 Å². The lowest BCUT2D eigenvalue weighted by molar-refractivity contribution is -0.127. The number of ether oxygens (including phenoxy) is 1. The number of rotatable bonds is 6. The number of hydrogen-bond donors (Lipinski definition) is 2. The molecule has 10 heteroatoms. The van der Waals surface area contributed by atoms with Gasteiger partial charge >= 0.3 is 0 Å². The molecule has 2 rings (SSSR count). The number of carbonyl (C=O) groups is 1. The summed E-state index contributed by atoms with van der Waals surface area (Å²) >= 11 is 0. The van der Waals surface area contributed by atoms with E-state index in [1.54, 1.807) is 10.3 Å². The first-order valence-electron chi connectivity index (χ1n) is 6.89. The van der Waals surface area contributed by atoms with Crippen molar-refractivity contribution in [3.8, 4) is 5.75 Å². The Hall–Kier alpha value is -2.59. The van der Waals surface area contributed by atoms with Crippen LogP contribution in [0.15, 0.2) is 47.4 Å². The van der Waals surface area contributed by atoms with E-state index in [0.29, 0.717) is 0 Å². The van der Waals surface area contributed by atoms with Crippen LogP contribution in [-0.4, -0.2) is 20.4 Å². The summed E-state index contributed by atoms with van der Waals surface area (Å²) in [7, 11) is -4.69. The minimum atomic E-state index is -4.69. The highest BCUT2D eigenvalue weighted by Crippen LogP contribution is 2.18. The Bertz CT molecular complexity index is 870. The van der Waals surface area contributed by atoms with Crippen molar-refractivity contribution in [2.24, 2.45) is 0 Å². The molecule has 2 N–H and O–H groups in total. The molecule has 2 aromatic rings. The smallest absolute Gasteiger partial charge is 0.275 e. The van der Waals surface area contributed by atoms with E-state index < -0.39 is 44.4 Å². The third-order valence-corrected chi connectivity index (χ3v) is 4.30. The zero-order valence-electron chi connectivity index (χ0n) is 12.8. The molecule has 0 aromatic heterocycles. The van der Waals surface area contributed by atoms with Crippen molar-refractivity contribution in [1.82, 2.24) is 10.3 Å². The van der Waals surface area contributed by atoms with Crippen molar-refractivity contribution >= 4 is 15.9 Å². The number of hydrogen-bond acceptors (Lipinski definition) is 4. The van der Waals surface area contributed by atoms with Gasteiger partial charge in [-0.1, -0.05) is 18.2 Å². The van der Waals surface area contributed by atoms with Gasteiger partial charge in [0.05, 0.1) is 0 Å². The summed E-state index contributed by atoms with van der Waals surface area (Å²) in [6.45, 7) is 1.24. The van der Waals surface area contributed by atoms with Gasteiger partial charge < -0.3 is 4.74 Å². The third-order valence-electron chi connectivity index (χ3n) is 3.01. The summed E-state index contributed by atoms with van der Waals surface area (Å²) in [6.07, 6.45) is -1.29. The molecule has 0 unspecified atom stereocenters. The van der Waals surface area contributed by atoms with Gasteiger partial charge in [-0.2, -0.15) is 0 Å². The first-order valence-corrected chi connectivity index (χ1v) is 8.37. The zero-order valence-corrected chi connectivity index (χ0v) is 13.6. The standard InChI is InChI=1S/C15H13F3N2O4S/c1-9(24-13-8-3-2-5-10(13)16)15(21)19-20-25(22,23)14-11(17)6-4-7-12(14)18/h2-9,20H,1H3,(H,19,21)/t9-/m1/s1. The Morgan fingerprint density at radius 3 is 2.16 bits per heavy atom. The van der Waals surface area contributed by atoms with E-state index in [-0.39, 0.29) is 5.75 Å². The van der Waals surface area contributed by atoms with Crippen molar-refractivity contribution < 1.29 is 31.1 Å². The lowest BCUT2D eigenvalue weighted by Crippen LogP contribution is -2.47. The van der Waals surface area contributed by atoms with Crippen LogP contribution in [0.2, 0.25) is 0 Å². The molecular weight excluding hydrogens is 361 g/mol. The fourth-order valence-electron chi connectivity index (χ4n) is 1.79. The van der Waals surface area contributed by atoms with Gasteiger partial charge in [0.15, 0.2) is 22.6 Å². The van der Waals surface area contributed by atoms with E-state index in [2.05, 4.69) is 0 Å². The average Bonchev–Trinajstić information content (AvgIpc) is 2.54. The number of halogens is 3. The van der Waals surface area contributed by atoms with Crippen molar-refractivity contribution in [3.63, 3.8) is 0 Å². The van der Waals surface area contributed by atoms with E-state index in [9.17, 15) is 26.4 Å². The van der Waals surface area contributed by atoms with Crippen LogP contribution >= 0.6 is 0 Å². The van der Waals surface area contributed by atoms with Crippen LogP contribution in [0, 0.1) is 17.5 Å². The molecule has 2 aromatic carbocycles. The second-order valence-electron chi connectivity index (χ2n) is 4.84. The summed E-state index contributed by atoms with van der Waals surface area (Å²) in [5.41, 5.74) is 1.76. The Morgan fingerprint density at radius 2 is 1.56 bits per heavy atom. The Balaban J connectivity index is 2.05. The van der Waals surface area contributed by atoms with Crippen LogP contribution in [0.1, 0.15) is 6.92 Å². The summed E-state index contributed by atoms with van der Waals surface area (Å²) < 4.78 is 69.4. The van der Waals surface area contributed by atoms with Gasteiger partial charge in [-0.3, -0.25) is 10.2 Å².